The van der Waals surface area contributed by atoms with Gasteiger partial charge in [0.1, 0.15) is 5.75 Å². The van der Waals surface area contributed by atoms with Crippen LogP contribution < -0.4 is 4.74 Å². The van der Waals surface area contributed by atoms with Crippen molar-refractivity contribution < 1.29 is 4.74 Å². The summed E-state index contributed by atoms with van der Waals surface area (Å²) in [5.41, 5.74) is 5.52. The van der Waals surface area contributed by atoms with Crippen molar-refractivity contribution in [3.05, 3.63) is 59.8 Å². The molecule has 4 nitrogen and oxygen atoms in total. The first-order valence-corrected chi connectivity index (χ1v) is 6.81. The van der Waals surface area contributed by atoms with E-state index in [2.05, 4.69) is 42.4 Å². The van der Waals surface area contributed by atoms with Crippen molar-refractivity contribution in [3.8, 4) is 22.7 Å². The van der Waals surface area contributed by atoms with Crippen molar-refractivity contribution >= 4 is 0 Å². The standard InChI is InChI=1S/C17H17N3O/c1-12-8-13(2)10-14(9-12)17-11-18-19-20(17)15-4-6-16(21-3)7-5-15/h4-11H,1-3H3. The Kier molecular flexibility index (Phi) is 3.44. The van der Waals surface area contributed by atoms with Gasteiger partial charge in [-0.3, -0.25) is 0 Å². The van der Waals surface area contributed by atoms with Gasteiger partial charge in [-0.2, -0.15) is 0 Å². The van der Waals surface area contributed by atoms with Crippen molar-refractivity contribution in [2.75, 3.05) is 7.11 Å². The lowest BCUT2D eigenvalue weighted by molar-refractivity contribution is 0.414. The Morgan fingerprint density at radius 1 is 0.952 bits per heavy atom. The fraction of sp³-hybridized carbons (Fsp3) is 0.176. The van der Waals surface area contributed by atoms with Gasteiger partial charge in [-0.25, -0.2) is 4.68 Å². The smallest absolute Gasteiger partial charge is 0.119 e. The van der Waals surface area contributed by atoms with Crippen LogP contribution in [0.3, 0.4) is 0 Å². The lowest BCUT2D eigenvalue weighted by Crippen LogP contribution is -1.99. The Labute approximate surface area is 124 Å². The molecule has 0 unspecified atom stereocenters. The molecule has 21 heavy (non-hydrogen) atoms. The average molecular weight is 279 g/mol. The van der Waals surface area contributed by atoms with Crippen molar-refractivity contribution in [3.63, 3.8) is 0 Å². The van der Waals surface area contributed by atoms with E-state index in [1.54, 1.807) is 13.3 Å². The maximum atomic E-state index is 5.19. The number of hydrogen-bond donors (Lipinski definition) is 0. The van der Waals surface area contributed by atoms with Gasteiger partial charge < -0.3 is 4.74 Å². The summed E-state index contributed by atoms with van der Waals surface area (Å²) in [5.74, 6) is 0.826. The molecule has 0 atom stereocenters. The Bertz CT molecular complexity index is 740. The molecule has 3 aromatic rings. The molecule has 0 fully saturated rings. The van der Waals surface area contributed by atoms with Crippen molar-refractivity contribution in [2.24, 2.45) is 0 Å². The van der Waals surface area contributed by atoms with Crippen LogP contribution in [0.15, 0.2) is 48.7 Å². The number of nitrogens with zero attached hydrogens (tertiary/aromatic N) is 3. The van der Waals surface area contributed by atoms with Gasteiger partial charge >= 0.3 is 0 Å². The van der Waals surface area contributed by atoms with Crippen LogP contribution in [0.4, 0.5) is 0 Å². The third-order valence-corrected chi connectivity index (χ3v) is 3.38. The predicted octanol–water partition coefficient (Wildman–Crippen LogP) is 3.56. The van der Waals surface area contributed by atoms with Crippen LogP contribution in [0, 0.1) is 13.8 Å². The number of aryl methyl sites for hydroxylation is 2. The maximum Gasteiger partial charge on any atom is 0.119 e. The van der Waals surface area contributed by atoms with Crippen LogP contribution in [0.25, 0.3) is 16.9 Å². The van der Waals surface area contributed by atoms with Gasteiger partial charge in [0.2, 0.25) is 0 Å². The van der Waals surface area contributed by atoms with Crippen LogP contribution in [0.1, 0.15) is 11.1 Å². The van der Waals surface area contributed by atoms with Crippen molar-refractivity contribution in [1.29, 1.82) is 0 Å². The van der Waals surface area contributed by atoms with Crippen LogP contribution in [-0.4, -0.2) is 22.1 Å². The normalized spacial score (nSPS) is 10.6. The Balaban J connectivity index is 2.07. The van der Waals surface area contributed by atoms with Gasteiger partial charge in [0.15, 0.2) is 0 Å². The molecule has 0 saturated heterocycles. The molecule has 0 aliphatic heterocycles. The number of rotatable bonds is 3. The zero-order valence-corrected chi connectivity index (χ0v) is 12.4. The summed E-state index contributed by atoms with van der Waals surface area (Å²) >= 11 is 0. The van der Waals surface area contributed by atoms with E-state index in [9.17, 15) is 0 Å². The van der Waals surface area contributed by atoms with Gasteiger partial charge in [0.25, 0.3) is 0 Å². The number of ether oxygens (including phenoxy) is 1. The second kappa shape index (κ2) is 5.40. The molecule has 0 amide bonds. The summed E-state index contributed by atoms with van der Waals surface area (Å²) in [6.45, 7) is 4.19. The molecule has 1 heterocycles. The second-order valence-corrected chi connectivity index (χ2v) is 5.11. The molecule has 1 aromatic heterocycles. The lowest BCUT2D eigenvalue weighted by Gasteiger charge is -2.09. The van der Waals surface area contributed by atoms with Gasteiger partial charge in [-0.05, 0) is 50.2 Å². The zero-order chi connectivity index (χ0) is 14.8. The van der Waals surface area contributed by atoms with Gasteiger partial charge in [0.05, 0.1) is 24.7 Å². The fourth-order valence-electron chi connectivity index (χ4n) is 2.47. The highest BCUT2D eigenvalue weighted by Gasteiger charge is 2.09. The molecule has 106 valence electrons. The number of benzene rings is 2. The van der Waals surface area contributed by atoms with E-state index in [4.69, 9.17) is 4.74 Å². The lowest BCUT2D eigenvalue weighted by atomic mass is 10.1. The minimum atomic E-state index is 0.826. The SMILES string of the molecule is COc1ccc(-n2nncc2-c2cc(C)cc(C)c2)cc1. The fourth-order valence-corrected chi connectivity index (χ4v) is 2.47. The Hall–Kier alpha value is -2.62. The van der Waals surface area contributed by atoms with Crippen LogP contribution in [0.2, 0.25) is 0 Å². The quantitative estimate of drug-likeness (QED) is 0.736. The predicted molar refractivity (Wildman–Crippen MR) is 82.8 cm³/mol. The van der Waals surface area contributed by atoms with E-state index < -0.39 is 0 Å². The Morgan fingerprint density at radius 3 is 2.24 bits per heavy atom. The molecule has 0 aliphatic rings. The van der Waals surface area contributed by atoms with E-state index >= 15 is 0 Å². The van der Waals surface area contributed by atoms with Crippen molar-refractivity contribution in [1.82, 2.24) is 15.0 Å². The molecule has 0 radical (unpaired) electrons. The highest BCUT2D eigenvalue weighted by molar-refractivity contribution is 5.63. The maximum absolute atomic E-state index is 5.19. The van der Waals surface area contributed by atoms with Crippen LogP contribution in [0.5, 0.6) is 5.75 Å². The summed E-state index contributed by atoms with van der Waals surface area (Å²) in [7, 11) is 1.66. The van der Waals surface area contributed by atoms with Gasteiger partial charge in [-0.15, -0.1) is 5.10 Å². The molecule has 0 saturated carbocycles. The van der Waals surface area contributed by atoms with Gasteiger partial charge in [0, 0.05) is 5.56 Å². The van der Waals surface area contributed by atoms with Crippen molar-refractivity contribution in [2.45, 2.75) is 13.8 Å². The zero-order valence-electron chi connectivity index (χ0n) is 12.4. The molecular weight excluding hydrogens is 262 g/mol. The second-order valence-electron chi connectivity index (χ2n) is 5.11. The third-order valence-electron chi connectivity index (χ3n) is 3.38. The summed E-state index contributed by atoms with van der Waals surface area (Å²) in [6, 6.07) is 14.2. The molecule has 0 spiro atoms. The van der Waals surface area contributed by atoms with Crippen LogP contribution in [-0.2, 0) is 0 Å². The van der Waals surface area contributed by atoms with E-state index in [0.29, 0.717) is 0 Å². The largest absolute Gasteiger partial charge is 0.497 e. The minimum absolute atomic E-state index is 0.826. The topological polar surface area (TPSA) is 39.9 Å². The van der Waals surface area contributed by atoms with Gasteiger partial charge in [-0.1, -0.05) is 22.4 Å². The molecule has 0 aliphatic carbocycles. The highest BCUT2D eigenvalue weighted by Crippen LogP contribution is 2.24. The van der Waals surface area contributed by atoms with E-state index in [0.717, 1.165) is 22.7 Å². The first-order chi connectivity index (χ1) is 10.2. The summed E-state index contributed by atoms with van der Waals surface area (Å²) < 4.78 is 7.03. The number of methoxy groups -OCH3 is 1. The molecule has 4 heteroatoms. The highest BCUT2D eigenvalue weighted by atomic mass is 16.5. The van der Waals surface area contributed by atoms with E-state index in [1.165, 1.54) is 11.1 Å². The number of hydrogen-bond acceptors (Lipinski definition) is 3. The molecule has 0 bridgehead atoms. The third kappa shape index (κ3) is 2.65. The monoisotopic (exact) mass is 279 g/mol. The summed E-state index contributed by atoms with van der Waals surface area (Å²) in [6.07, 6.45) is 1.79. The van der Waals surface area contributed by atoms with E-state index in [-0.39, 0.29) is 0 Å². The van der Waals surface area contributed by atoms with E-state index in [1.807, 2.05) is 28.9 Å². The Morgan fingerprint density at radius 2 is 1.62 bits per heavy atom. The first kappa shape index (κ1) is 13.4. The van der Waals surface area contributed by atoms with Crippen LogP contribution >= 0.6 is 0 Å². The summed E-state index contributed by atoms with van der Waals surface area (Å²) in [4.78, 5) is 0. The molecule has 3 rings (SSSR count). The molecule has 0 N–H and O–H groups in total. The minimum Gasteiger partial charge on any atom is -0.497 e. The number of aromatic nitrogens is 3. The first-order valence-electron chi connectivity index (χ1n) is 6.81. The molecular formula is C17H17N3O. The average Bonchev–Trinajstić information content (AvgIpc) is 2.96. The summed E-state index contributed by atoms with van der Waals surface area (Å²) in [5, 5.41) is 8.26. The molecule has 2 aromatic carbocycles.